The zero-order valence-corrected chi connectivity index (χ0v) is 16.3. The molecule has 1 aliphatic rings. The predicted molar refractivity (Wildman–Crippen MR) is 103 cm³/mol. The summed E-state index contributed by atoms with van der Waals surface area (Å²) in [5.74, 6) is -0.0348. The Morgan fingerprint density at radius 1 is 1.19 bits per heavy atom. The Morgan fingerprint density at radius 3 is 2.35 bits per heavy atom. The van der Waals surface area contributed by atoms with Gasteiger partial charge in [-0.2, -0.15) is 0 Å². The van der Waals surface area contributed by atoms with E-state index < -0.39 is 6.04 Å². The number of hydrogen-bond acceptors (Lipinski definition) is 4. The van der Waals surface area contributed by atoms with Crippen LogP contribution in [0.25, 0.3) is 0 Å². The number of ether oxygens (including phenoxy) is 1. The number of nitrogens with zero attached hydrogens (tertiary/aromatic N) is 1. The molecule has 0 radical (unpaired) electrons. The van der Waals surface area contributed by atoms with Crippen molar-refractivity contribution in [3.05, 3.63) is 41.1 Å². The highest BCUT2D eigenvalue weighted by Crippen LogP contribution is 2.29. The maximum Gasteiger partial charge on any atom is 0.338 e. The number of anilines is 1. The van der Waals surface area contributed by atoms with Crippen LogP contribution in [0.1, 0.15) is 45.2 Å². The second-order valence-corrected chi connectivity index (χ2v) is 6.84. The molecule has 1 heterocycles. The van der Waals surface area contributed by atoms with E-state index >= 15 is 0 Å². The van der Waals surface area contributed by atoms with Crippen LogP contribution in [-0.2, 0) is 9.53 Å². The fraction of sp³-hybridized carbons (Fsp3) is 0.500. The molecule has 0 saturated carbocycles. The molecule has 0 unspecified atom stereocenters. The van der Waals surface area contributed by atoms with Gasteiger partial charge in [0.05, 0.1) is 18.2 Å². The third-order valence-corrected chi connectivity index (χ3v) is 4.84. The van der Waals surface area contributed by atoms with E-state index in [1.165, 1.54) is 0 Å². The summed E-state index contributed by atoms with van der Waals surface area (Å²) in [6.45, 7) is 6.30. The topological polar surface area (TPSA) is 70.7 Å². The molecule has 0 fully saturated rings. The van der Waals surface area contributed by atoms with Gasteiger partial charge in [-0.1, -0.05) is 38.8 Å². The van der Waals surface area contributed by atoms with Gasteiger partial charge in [0.1, 0.15) is 0 Å². The number of benzene rings is 1. The normalized spacial score (nSPS) is 17.0. The van der Waals surface area contributed by atoms with Crippen molar-refractivity contribution in [3.63, 3.8) is 0 Å². The van der Waals surface area contributed by atoms with E-state index in [1.54, 1.807) is 6.92 Å². The molecule has 0 bridgehead atoms. The van der Waals surface area contributed by atoms with Crippen LogP contribution >= 0.6 is 0 Å². The molecule has 0 aromatic heterocycles. The summed E-state index contributed by atoms with van der Waals surface area (Å²) in [6, 6.07) is 6.94. The average Bonchev–Trinajstić information content (AvgIpc) is 2.61. The SMILES string of the molecule is CCC(CC)COC(=O)C1=C(C)NC(=O)N[C@H]1c1ccc(N(C)C)cc1. The van der Waals surface area contributed by atoms with Crippen molar-refractivity contribution in [1.29, 1.82) is 0 Å². The second kappa shape index (κ2) is 8.74. The molecule has 2 N–H and O–H groups in total. The number of nitrogens with one attached hydrogen (secondary N) is 2. The maximum atomic E-state index is 12.7. The number of hydrogen-bond donors (Lipinski definition) is 2. The highest BCUT2D eigenvalue weighted by atomic mass is 16.5. The molecule has 142 valence electrons. The number of amides is 2. The smallest absolute Gasteiger partial charge is 0.338 e. The van der Waals surface area contributed by atoms with Crippen molar-refractivity contribution < 1.29 is 14.3 Å². The molecule has 2 amide bonds. The standard InChI is InChI=1S/C20H29N3O3/c1-6-14(7-2)12-26-19(24)17-13(3)21-20(25)22-18(17)15-8-10-16(11-9-15)23(4)5/h8-11,14,18H,6-7,12H2,1-5H3,(H2,21,22,25)/t18-/m0/s1. The number of carbonyl (C=O) groups excluding carboxylic acids is 2. The minimum Gasteiger partial charge on any atom is -0.462 e. The third-order valence-electron chi connectivity index (χ3n) is 4.84. The summed E-state index contributed by atoms with van der Waals surface area (Å²) < 4.78 is 5.55. The monoisotopic (exact) mass is 359 g/mol. The Labute approximate surface area is 155 Å². The number of allylic oxidation sites excluding steroid dienone is 1. The quantitative estimate of drug-likeness (QED) is 0.733. The first kappa shape index (κ1) is 19.8. The average molecular weight is 359 g/mol. The van der Waals surface area contributed by atoms with Crippen LogP contribution in [0.5, 0.6) is 0 Å². The number of esters is 1. The Morgan fingerprint density at radius 2 is 1.81 bits per heavy atom. The molecule has 0 spiro atoms. The molecule has 6 nitrogen and oxygen atoms in total. The minimum absolute atomic E-state index is 0.319. The van der Waals surface area contributed by atoms with Gasteiger partial charge in [-0.15, -0.1) is 0 Å². The van der Waals surface area contributed by atoms with Gasteiger partial charge in [0.25, 0.3) is 0 Å². The zero-order chi connectivity index (χ0) is 19.3. The number of rotatable bonds is 7. The van der Waals surface area contributed by atoms with Crippen LogP contribution in [0.3, 0.4) is 0 Å². The van der Waals surface area contributed by atoms with E-state index in [1.807, 2.05) is 43.3 Å². The highest BCUT2D eigenvalue weighted by molar-refractivity contribution is 5.95. The van der Waals surface area contributed by atoms with Crippen LogP contribution in [0.4, 0.5) is 10.5 Å². The van der Waals surface area contributed by atoms with Gasteiger partial charge in [-0.25, -0.2) is 9.59 Å². The number of urea groups is 1. The summed E-state index contributed by atoms with van der Waals surface area (Å²) in [4.78, 5) is 26.7. The molecule has 26 heavy (non-hydrogen) atoms. The Hall–Kier alpha value is -2.50. The lowest BCUT2D eigenvalue weighted by atomic mass is 9.95. The largest absolute Gasteiger partial charge is 0.462 e. The maximum absolute atomic E-state index is 12.7. The van der Waals surface area contributed by atoms with Gasteiger partial charge in [0, 0.05) is 25.5 Å². The first-order chi connectivity index (χ1) is 12.4. The Kier molecular flexibility index (Phi) is 6.66. The first-order valence-electron chi connectivity index (χ1n) is 9.10. The van der Waals surface area contributed by atoms with Crippen molar-refractivity contribution in [1.82, 2.24) is 10.6 Å². The number of carbonyl (C=O) groups is 2. The molecule has 0 saturated heterocycles. The van der Waals surface area contributed by atoms with E-state index in [0.29, 0.717) is 23.8 Å². The van der Waals surface area contributed by atoms with Gasteiger partial charge < -0.3 is 20.3 Å². The van der Waals surface area contributed by atoms with Gasteiger partial charge in [0.15, 0.2) is 0 Å². The molecule has 1 aromatic rings. The Balaban J connectivity index is 2.26. The molecule has 6 heteroatoms. The highest BCUT2D eigenvalue weighted by Gasteiger charge is 2.32. The summed E-state index contributed by atoms with van der Waals surface area (Å²) in [7, 11) is 3.93. The second-order valence-electron chi connectivity index (χ2n) is 6.84. The van der Waals surface area contributed by atoms with E-state index in [0.717, 1.165) is 24.1 Å². The summed E-state index contributed by atoms with van der Waals surface area (Å²) in [6.07, 6.45) is 1.93. The van der Waals surface area contributed by atoms with Crippen molar-refractivity contribution in [2.24, 2.45) is 5.92 Å². The lowest BCUT2D eigenvalue weighted by molar-refractivity contribution is -0.141. The summed E-state index contributed by atoms with van der Waals surface area (Å²) >= 11 is 0. The molecule has 0 aliphatic carbocycles. The fourth-order valence-electron chi connectivity index (χ4n) is 2.98. The predicted octanol–water partition coefficient (Wildman–Crippen LogP) is 3.36. The van der Waals surface area contributed by atoms with Gasteiger partial charge >= 0.3 is 12.0 Å². The molecule has 1 aliphatic heterocycles. The lowest BCUT2D eigenvalue weighted by Crippen LogP contribution is -2.45. The summed E-state index contributed by atoms with van der Waals surface area (Å²) in [5.41, 5.74) is 2.88. The third kappa shape index (κ3) is 4.56. The minimum atomic E-state index is -0.519. The van der Waals surface area contributed by atoms with E-state index in [-0.39, 0.29) is 12.0 Å². The van der Waals surface area contributed by atoms with Crippen LogP contribution in [0.2, 0.25) is 0 Å². The van der Waals surface area contributed by atoms with E-state index in [9.17, 15) is 9.59 Å². The van der Waals surface area contributed by atoms with Crippen molar-refractivity contribution in [2.45, 2.75) is 39.7 Å². The van der Waals surface area contributed by atoms with Gasteiger partial charge in [0.2, 0.25) is 0 Å². The van der Waals surface area contributed by atoms with Crippen LogP contribution in [0, 0.1) is 5.92 Å². The van der Waals surface area contributed by atoms with Crippen molar-refractivity contribution >= 4 is 17.7 Å². The van der Waals surface area contributed by atoms with E-state index in [2.05, 4.69) is 24.5 Å². The van der Waals surface area contributed by atoms with Gasteiger partial charge in [-0.3, -0.25) is 0 Å². The van der Waals surface area contributed by atoms with Crippen molar-refractivity contribution in [2.75, 3.05) is 25.6 Å². The molecule has 2 rings (SSSR count). The lowest BCUT2D eigenvalue weighted by Gasteiger charge is -2.28. The molecule has 1 aromatic carbocycles. The molecular formula is C20H29N3O3. The molecule has 1 atom stereocenters. The van der Waals surface area contributed by atoms with Crippen molar-refractivity contribution in [3.8, 4) is 0 Å². The van der Waals surface area contributed by atoms with Crippen LogP contribution in [0.15, 0.2) is 35.5 Å². The molecular weight excluding hydrogens is 330 g/mol. The fourth-order valence-corrected chi connectivity index (χ4v) is 2.98. The van der Waals surface area contributed by atoms with E-state index in [4.69, 9.17) is 4.74 Å². The summed E-state index contributed by atoms with van der Waals surface area (Å²) in [5, 5.41) is 5.51. The Bertz CT molecular complexity index is 676. The van der Waals surface area contributed by atoms with Crippen LogP contribution in [-0.4, -0.2) is 32.7 Å². The van der Waals surface area contributed by atoms with Gasteiger partial charge in [-0.05, 0) is 30.5 Å². The first-order valence-corrected chi connectivity index (χ1v) is 9.10. The van der Waals surface area contributed by atoms with Crippen LogP contribution < -0.4 is 15.5 Å². The zero-order valence-electron chi connectivity index (χ0n) is 16.3.